The molecule has 0 aliphatic heterocycles. The van der Waals surface area contributed by atoms with Crippen LogP contribution in [0.4, 0.5) is 17.3 Å². The number of pyridine rings is 1. The van der Waals surface area contributed by atoms with Gasteiger partial charge in [0.05, 0.1) is 4.92 Å². The minimum Gasteiger partial charge on any atom is -0.384 e. The van der Waals surface area contributed by atoms with Crippen molar-refractivity contribution < 1.29 is 4.92 Å². The number of nitrogens with two attached hydrogens (primary N) is 1. The summed E-state index contributed by atoms with van der Waals surface area (Å²) in [5, 5.41) is 12.1. The highest BCUT2D eigenvalue weighted by Crippen LogP contribution is 2.22. The molecule has 1 aromatic heterocycles. The maximum Gasteiger partial charge on any atom is 0.312 e. The molecule has 7 nitrogen and oxygen atoms in total. The SMILES string of the molecule is CN(C)Nc1nc(N)ccc1[N+](=O)[O-]. The van der Waals surface area contributed by atoms with Crippen LogP contribution in [-0.2, 0) is 0 Å². The number of nitro groups is 1. The van der Waals surface area contributed by atoms with E-state index in [0.717, 1.165) is 0 Å². The molecule has 0 spiro atoms. The Labute approximate surface area is 80.7 Å². The molecule has 0 saturated heterocycles. The largest absolute Gasteiger partial charge is 0.384 e. The first-order valence-electron chi connectivity index (χ1n) is 3.85. The lowest BCUT2D eigenvalue weighted by molar-refractivity contribution is -0.384. The zero-order valence-electron chi connectivity index (χ0n) is 7.89. The number of nitrogens with zero attached hydrogens (tertiary/aromatic N) is 3. The molecule has 0 aliphatic rings. The summed E-state index contributed by atoms with van der Waals surface area (Å²) in [6.07, 6.45) is 0. The van der Waals surface area contributed by atoms with Gasteiger partial charge in [0.2, 0.25) is 5.82 Å². The van der Waals surface area contributed by atoms with Crippen LogP contribution < -0.4 is 11.2 Å². The molecule has 3 N–H and O–H groups in total. The van der Waals surface area contributed by atoms with Gasteiger partial charge in [-0.25, -0.2) is 9.99 Å². The van der Waals surface area contributed by atoms with Gasteiger partial charge >= 0.3 is 5.69 Å². The van der Waals surface area contributed by atoms with Gasteiger partial charge in [0, 0.05) is 20.2 Å². The number of anilines is 2. The molecule has 0 unspecified atom stereocenters. The summed E-state index contributed by atoms with van der Waals surface area (Å²) < 4.78 is 0. The van der Waals surface area contributed by atoms with E-state index < -0.39 is 4.92 Å². The highest BCUT2D eigenvalue weighted by molar-refractivity contribution is 5.58. The van der Waals surface area contributed by atoms with Gasteiger partial charge in [-0.15, -0.1) is 0 Å². The summed E-state index contributed by atoms with van der Waals surface area (Å²) in [5.41, 5.74) is 8.00. The number of nitrogens with one attached hydrogen (secondary N) is 1. The van der Waals surface area contributed by atoms with E-state index in [4.69, 9.17) is 5.73 Å². The molecule has 0 aliphatic carbocycles. The zero-order valence-corrected chi connectivity index (χ0v) is 7.89. The van der Waals surface area contributed by atoms with E-state index in [1.54, 1.807) is 19.1 Å². The second-order valence-corrected chi connectivity index (χ2v) is 2.87. The Morgan fingerprint density at radius 1 is 1.57 bits per heavy atom. The van der Waals surface area contributed by atoms with Crippen molar-refractivity contribution in [2.45, 2.75) is 0 Å². The summed E-state index contributed by atoms with van der Waals surface area (Å²) in [6.45, 7) is 0. The van der Waals surface area contributed by atoms with Crippen LogP contribution >= 0.6 is 0 Å². The first kappa shape index (κ1) is 10.2. The lowest BCUT2D eigenvalue weighted by Gasteiger charge is -2.12. The summed E-state index contributed by atoms with van der Waals surface area (Å²) in [4.78, 5) is 13.9. The minimum absolute atomic E-state index is 0.104. The van der Waals surface area contributed by atoms with E-state index in [9.17, 15) is 10.1 Å². The van der Waals surface area contributed by atoms with Crippen LogP contribution in [0.15, 0.2) is 12.1 Å². The molecule has 1 aromatic rings. The van der Waals surface area contributed by atoms with Gasteiger partial charge in [-0.2, -0.15) is 0 Å². The first-order chi connectivity index (χ1) is 6.50. The van der Waals surface area contributed by atoms with Gasteiger partial charge in [-0.1, -0.05) is 0 Å². The molecule has 0 radical (unpaired) electrons. The van der Waals surface area contributed by atoms with Crippen LogP contribution in [0.5, 0.6) is 0 Å². The summed E-state index contributed by atoms with van der Waals surface area (Å²) >= 11 is 0. The van der Waals surface area contributed by atoms with E-state index in [1.807, 2.05) is 0 Å². The molecular formula is C7H11N5O2. The van der Waals surface area contributed by atoms with E-state index in [1.165, 1.54) is 12.1 Å². The zero-order chi connectivity index (χ0) is 10.7. The fourth-order valence-electron chi connectivity index (χ4n) is 0.908. The Bertz CT molecular complexity index is 352. The summed E-state index contributed by atoms with van der Waals surface area (Å²) in [5.74, 6) is 0.375. The van der Waals surface area contributed by atoms with Gasteiger partial charge in [0.1, 0.15) is 5.82 Å². The highest BCUT2D eigenvalue weighted by Gasteiger charge is 2.15. The fourth-order valence-corrected chi connectivity index (χ4v) is 0.908. The molecule has 0 atom stereocenters. The van der Waals surface area contributed by atoms with Gasteiger partial charge < -0.3 is 5.73 Å². The fraction of sp³-hybridized carbons (Fsp3) is 0.286. The third-order valence-electron chi connectivity index (χ3n) is 1.42. The second-order valence-electron chi connectivity index (χ2n) is 2.87. The third kappa shape index (κ3) is 2.30. The van der Waals surface area contributed by atoms with Crippen molar-refractivity contribution in [1.29, 1.82) is 0 Å². The van der Waals surface area contributed by atoms with E-state index in [2.05, 4.69) is 10.4 Å². The van der Waals surface area contributed by atoms with Gasteiger partial charge in [-0.3, -0.25) is 15.5 Å². The van der Waals surface area contributed by atoms with E-state index in [0.29, 0.717) is 0 Å². The van der Waals surface area contributed by atoms with Gasteiger partial charge in [0.15, 0.2) is 0 Å². The molecule has 1 heterocycles. The smallest absolute Gasteiger partial charge is 0.312 e. The lowest BCUT2D eigenvalue weighted by Crippen LogP contribution is -2.21. The van der Waals surface area contributed by atoms with Gasteiger partial charge in [-0.05, 0) is 6.07 Å². The van der Waals surface area contributed by atoms with Crippen molar-refractivity contribution >= 4 is 17.3 Å². The van der Waals surface area contributed by atoms with Crippen LogP contribution in [-0.4, -0.2) is 29.0 Å². The average Bonchev–Trinajstić information content (AvgIpc) is 2.01. The third-order valence-corrected chi connectivity index (χ3v) is 1.42. The number of hydrogen-bond acceptors (Lipinski definition) is 6. The average molecular weight is 197 g/mol. The quantitative estimate of drug-likeness (QED) is 0.539. The van der Waals surface area contributed by atoms with Crippen molar-refractivity contribution in [3.05, 3.63) is 22.2 Å². The topological polar surface area (TPSA) is 97.3 Å². The summed E-state index contributed by atoms with van der Waals surface area (Å²) in [7, 11) is 3.41. The second kappa shape index (κ2) is 3.88. The Morgan fingerprint density at radius 3 is 2.71 bits per heavy atom. The lowest BCUT2D eigenvalue weighted by atomic mass is 10.4. The molecule has 0 fully saturated rings. The molecular weight excluding hydrogens is 186 g/mol. The molecule has 1 rings (SSSR count). The monoisotopic (exact) mass is 197 g/mol. The van der Waals surface area contributed by atoms with Crippen LogP contribution in [0.25, 0.3) is 0 Å². The molecule has 0 aromatic carbocycles. The molecule has 76 valence electrons. The Morgan fingerprint density at radius 2 is 2.21 bits per heavy atom. The van der Waals surface area contributed by atoms with E-state index >= 15 is 0 Å². The molecule has 0 saturated carbocycles. The first-order valence-corrected chi connectivity index (χ1v) is 3.85. The normalized spacial score (nSPS) is 10.2. The van der Waals surface area contributed by atoms with Crippen LogP contribution in [0.3, 0.4) is 0 Å². The number of nitrogen functional groups attached to an aromatic ring is 1. The van der Waals surface area contributed by atoms with Crippen molar-refractivity contribution in [2.75, 3.05) is 25.3 Å². The summed E-state index contributed by atoms with van der Waals surface area (Å²) in [6, 6.07) is 2.70. The number of rotatable bonds is 3. The van der Waals surface area contributed by atoms with Gasteiger partial charge in [0.25, 0.3) is 0 Å². The molecule has 0 bridgehead atoms. The van der Waals surface area contributed by atoms with Crippen LogP contribution in [0.2, 0.25) is 0 Å². The minimum atomic E-state index is -0.516. The Balaban J connectivity index is 3.09. The number of hydrazine groups is 1. The molecule has 14 heavy (non-hydrogen) atoms. The van der Waals surface area contributed by atoms with Crippen molar-refractivity contribution in [1.82, 2.24) is 9.99 Å². The highest BCUT2D eigenvalue weighted by atomic mass is 16.6. The van der Waals surface area contributed by atoms with Crippen molar-refractivity contribution in [3.63, 3.8) is 0 Å². The van der Waals surface area contributed by atoms with Crippen LogP contribution in [0, 0.1) is 10.1 Å². The Kier molecular flexibility index (Phi) is 2.82. The maximum atomic E-state index is 10.6. The van der Waals surface area contributed by atoms with E-state index in [-0.39, 0.29) is 17.3 Å². The number of hydrogen-bond donors (Lipinski definition) is 2. The van der Waals surface area contributed by atoms with Crippen molar-refractivity contribution in [3.8, 4) is 0 Å². The van der Waals surface area contributed by atoms with Crippen LogP contribution in [0.1, 0.15) is 0 Å². The molecule has 0 amide bonds. The number of aromatic nitrogens is 1. The van der Waals surface area contributed by atoms with Crippen molar-refractivity contribution in [2.24, 2.45) is 0 Å². The predicted octanol–water partition coefficient (Wildman–Crippen LogP) is 0.460. The molecule has 7 heteroatoms. The maximum absolute atomic E-state index is 10.6. The Hall–Kier alpha value is -1.89. The standard InChI is InChI=1S/C7H11N5O2/c1-11(2)10-7-5(12(13)14)3-4-6(8)9-7/h3-4H,1-2H3,(H3,8,9,10). The predicted molar refractivity (Wildman–Crippen MR) is 52.6 cm³/mol.